The molecule has 0 atom stereocenters. The Morgan fingerprint density at radius 1 is 1.25 bits per heavy atom. The number of hydrogen-bond acceptors (Lipinski definition) is 6. The number of carbonyl (C=O) groups excluding carboxylic acids is 1. The molecule has 0 aromatic heterocycles. The van der Waals surface area contributed by atoms with Crippen LogP contribution in [-0.2, 0) is 14.9 Å². The topological polar surface area (TPSA) is 78.9 Å². The summed E-state index contributed by atoms with van der Waals surface area (Å²) in [6, 6.07) is 4.06. The van der Waals surface area contributed by atoms with Gasteiger partial charge in [-0.15, -0.1) is 0 Å². The van der Waals surface area contributed by atoms with Gasteiger partial charge in [0.1, 0.15) is 5.75 Å². The fourth-order valence-corrected chi connectivity index (χ4v) is 1.48. The van der Waals surface area contributed by atoms with E-state index in [0.717, 1.165) is 6.26 Å². The Hall–Kier alpha value is -1.76. The summed E-state index contributed by atoms with van der Waals surface area (Å²) in [5.74, 6) is 0.423. The van der Waals surface area contributed by atoms with Crippen LogP contribution in [0.15, 0.2) is 18.2 Å². The molecule has 0 radical (unpaired) electrons. The summed E-state index contributed by atoms with van der Waals surface area (Å²) in [7, 11) is -2.22. The Labute approximate surface area is 92.9 Å². The predicted octanol–water partition coefficient (Wildman–Crippen LogP) is 0.569. The molecule has 0 saturated heterocycles. The van der Waals surface area contributed by atoms with Gasteiger partial charge in [-0.1, -0.05) is 0 Å². The van der Waals surface area contributed by atoms with E-state index < -0.39 is 10.1 Å². The summed E-state index contributed by atoms with van der Waals surface area (Å²) in [6.45, 7) is 0.210. The zero-order chi connectivity index (χ0) is 12.2. The molecule has 6 nitrogen and oxygen atoms in total. The van der Waals surface area contributed by atoms with E-state index >= 15 is 0 Å². The Morgan fingerprint density at radius 2 is 1.94 bits per heavy atom. The van der Waals surface area contributed by atoms with Gasteiger partial charge in [0, 0.05) is 6.07 Å². The molecule has 0 aliphatic rings. The lowest BCUT2D eigenvalue weighted by Crippen LogP contribution is -2.06. The zero-order valence-corrected chi connectivity index (χ0v) is 9.48. The smallest absolute Gasteiger partial charge is 0.306 e. The van der Waals surface area contributed by atoms with Crippen molar-refractivity contribution in [1.29, 1.82) is 0 Å². The van der Waals surface area contributed by atoms with E-state index in [1.165, 1.54) is 25.3 Å². The maximum atomic E-state index is 10.9. The molecule has 0 aliphatic carbocycles. The van der Waals surface area contributed by atoms with Crippen molar-refractivity contribution >= 4 is 16.6 Å². The highest BCUT2D eigenvalue weighted by atomic mass is 32.2. The number of rotatable bonds is 5. The third kappa shape index (κ3) is 3.43. The normalized spacial score (nSPS) is 10.6. The Morgan fingerprint density at radius 3 is 2.44 bits per heavy atom. The second-order valence-corrected chi connectivity index (χ2v) is 4.39. The van der Waals surface area contributed by atoms with Gasteiger partial charge in [0.25, 0.3) is 6.47 Å². The monoisotopic (exact) mass is 246 g/mol. The number of hydrogen-bond donors (Lipinski definition) is 0. The largest absolute Gasteiger partial charge is 0.493 e. The number of methoxy groups -OCH3 is 1. The Balaban J connectivity index is 3.06. The average molecular weight is 246 g/mol. The van der Waals surface area contributed by atoms with Gasteiger partial charge >= 0.3 is 10.1 Å². The standard InChI is InChI=1S/C9H10O6S/c1-13-8-4-3-7(15-16(2,11)12)5-9(8)14-6-10/h3-6H,1-2H3. The third-order valence-corrected chi connectivity index (χ3v) is 2.05. The molecule has 0 saturated carbocycles. The minimum atomic E-state index is -3.61. The number of ether oxygens (including phenoxy) is 2. The van der Waals surface area contributed by atoms with Crippen LogP contribution in [-0.4, -0.2) is 28.3 Å². The van der Waals surface area contributed by atoms with Gasteiger partial charge in [-0.2, -0.15) is 8.42 Å². The van der Waals surface area contributed by atoms with E-state index in [9.17, 15) is 13.2 Å². The molecule has 0 N–H and O–H groups in total. The lowest BCUT2D eigenvalue weighted by Gasteiger charge is -2.08. The molecule has 0 bridgehead atoms. The Bertz CT molecular complexity index is 479. The maximum Gasteiger partial charge on any atom is 0.306 e. The first-order chi connectivity index (χ1) is 7.46. The molecule has 0 unspecified atom stereocenters. The minimum Gasteiger partial charge on any atom is -0.493 e. The molecule has 0 heterocycles. The molecular weight excluding hydrogens is 236 g/mol. The van der Waals surface area contributed by atoms with E-state index in [-0.39, 0.29) is 18.0 Å². The predicted molar refractivity (Wildman–Crippen MR) is 55.2 cm³/mol. The van der Waals surface area contributed by atoms with Crippen molar-refractivity contribution in [3.05, 3.63) is 18.2 Å². The van der Waals surface area contributed by atoms with Crippen molar-refractivity contribution in [1.82, 2.24) is 0 Å². The molecular formula is C9H10O6S. The first-order valence-corrected chi connectivity index (χ1v) is 5.95. The van der Waals surface area contributed by atoms with Gasteiger partial charge in [0.2, 0.25) is 0 Å². The molecule has 0 spiro atoms. The molecule has 0 aliphatic heterocycles. The molecule has 1 aromatic carbocycles. The quantitative estimate of drug-likeness (QED) is 0.558. The van der Waals surface area contributed by atoms with Crippen LogP contribution in [0.4, 0.5) is 0 Å². The molecule has 1 aromatic rings. The van der Waals surface area contributed by atoms with E-state index in [1.807, 2.05) is 0 Å². The number of benzene rings is 1. The van der Waals surface area contributed by atoms with Gasteiger partial charge in [0.05, 0.1) is 13.4 Å². The third-order valence-electron chi connectivity index (χ3n) is 1.56. The summed E-state index contributed by atoms with van der Waals surface area (Å²) in [5.41, 5.74) is 0. The van der Waals surface area contributed by atoms with Crippen molar-refractivity contribution in [2.75, 3.05) is 13.4 Å². The van der Waals surface area contributed by atoms with Crippen molar-refractivity contribution < 1.29 is 26.9 Å². The van der Waals surface area contributed by atoms with Crippen LogP contribution >= 0.6 is 0 Å². The van der Waals surface area contributed by atoms with E-state index in [1.54, 1.807) is 0 Å². The van der Waals surface area contributed by atoms with Crippen LogP contribution in [0, 0.1) is 0 Å². The SMILES string of the molecule is COc1ccc(OS(C)(=O)=O)cc1OC=O. The molecule has 7 heteroatoms. The van der Waals surface area contributed by atoms with E-state index in [0.29, 0.717) is 5.75 Å². The van der Waals surface area contributed by atoms with Crippen LogP contribution in [0.5, 0.6) is 17.2 Å². The molecule has 0 fully saturated rings. The van der Waals surface area contributed by atoms with Crippen molar-refractivity contribution in [2.45, 2.75) is 0 Å². The maximum absolute atomic E-state index is 10.9. The molecule has 0 amide bonds. The van der Waals surface area contributed by atoms with Crippen molar-refractivity contribution in [3.63, 3.8) is 0 Å². The van der Waals surface area contributed by atoms with Crippen molar-refractivity contribution in [2.24, 2.45) is 0 Å². The molecule has 88 valence electrons. The van der Waals surface area contributed by atoms with Crippen LogP contribution < -0.4 is 13.7 Å². The van der Waals surface area contributed by atoms with Gasteiger partial charge in [-0.3, -0.25) is 4.79 Å². The highest BCUT2D eigenvalue weighted by Crippen LogP contribution is 2.31. The van der Waals surface area contributed by atoms with Gasteiger partial charge in [-0.05, 0) is 12.1 Å². The van der Waals surface area contributed by atoms with Crippen LogP contribution in [0.2, 0.25) is 0 Å². The lowest BCUT2D eigenvalue weighted by molar-refractivity contribution is -0.120. The fraction of sp³-hybridized carbons (Fsp3) is 0.222. The summed E-state index contributed by atoms with van der Waals surface area (Å²) in [6.07, 6.45) is 0.914. The summed E-state index contributed by atoms with van der Waals surface area (Å²) >= 11 is 0. The van der Waals surface area contributed by atoms with E-state index in [2.05, 4.69) is 8.92 Å². The van der Waals surface area contributed by atoms with Crippen LogP contribution in [0.3, 0.4) is 0 Å². The van der Waals surface area contributed by atoms with Crippen LogP contribution in [0.25, 0.3) is 0 Å². The second-order valence-electron chi connectivity index (χ2n) is 2.81. The highest BCUT2D eigenvalue weighted by Gasteiger charge is 2.10. The summed E-state index contributed by atoms with van der Waals surface area (Å²) < 4.78 is 35.8. The highest BCUT2D eigenvalue weighted by molar-refractivity contribution is 7.86. The molecule has 1 rings (SSSR count). The number of carbonyl (C=O) groups is 1. The molecule has 16 heavy (non-hydrogen) atoms. The fourth-order valence-electron chi connectivity index (χ4n) is 1.03. The van der Waals surface area contributed by atoms with E-state index in [4.69, 9.17) is 4.74 Å². The van der Waals surface area contributed by atoms with Crippen molar-refractivity contribution in [3.8, 4) is 17.2 Å². The average Bonchev–Trinajstić information content (AvgIpc) is 2.16. The Kier molecular flexibility index (Phi) is 3.73. The van der Waals surface area contributed by atoms with Crippen LogP contribution in [0.1, 0.15) is 0 Å². The first-order valence-electron chi connectivity index (χ1n) is 4.14. The van der Waals surface area contributed by atoms with Gasteiger partial charge in [-0.25, -0.2) is 0 Å². The first kappa shape index (κ1) is 12.3. The zero-order valence-electron chi connectivity index (χ0n) is 8.67. The van der Waals surface area contributed by atoms with Gasteiger partial charge < -0.3 is 13.7 Å². The lowest BCUT2D eigenvalue weighted by atomic mass is 10.3. The minimum absolute atomic E-state index is 0.0418. The summed E-state index contributed by atoms with van der Waals surface area (Å²) in [4.78, 5) is 10.2. The summed E-state index contributed by atoms with van der Waals surface area (Å²) in [5, 5.41) is 0. The van der Waals surface area contributed by atoms with Gasteiger partial charge in [0.15, 0.2) is 11.5 Å². The second kappa shape index (κ2) is 4.84.